The predicted octanol–water partition coefficient (Wildman–Crippen LogP) is 3.01. The normalized spacial score (nSPS) is 12.8. The molecule has 2 rings (SSSR count). The van der Waals surface area contributed by atoms with Crippen molar-refractivity contribution in [1.29, 1.82) is 0 Å². The molecule has 2 aromatic rings. The van der Waals surface area contributed by atoms with Crippen LogP contribution in [0.1, 0.15) is 25.5 Å². The molecule has 0 saturated heterocycles. The molecule has 0 heterocycles. The first kappa shape index (κ1) is 14.3. The van der Waals surface area contributed by atoms with E-state index in [-0.39, 0.29) is 18.3 Å². The third-order valence-electron chi connectivity index (χ3n) is 3.67. The number of carboxylic acid groups (broad SMARTS) is 1. The van der Waals surface area contributed by atoms with Crippen LogP contribution >= 0.6 is 0 Å². The van der Waals surface area contributed by atoms with E-state index in [1.807, 2.05) is 55.1 Å². The maximum absolute atomic E-state index is 10.9. The van der Waals surface area contributed by atoms with Crippen molar-refractivity contribution in [2.75, 3.05) is 13.1 Å². The monoisotopic (exact) mass is 273 g/mol. The molecule has 2 aromatic carbocycles. The Morgan fingerprint density at radius 1 is 1.25 bits per heavy atom. The number of carboxylic acids is 1. The first-order valence-corrected chi connectivity index (χ1v) is 6.71. The van der Waals surface area contributed by atoms with Crippen molar-refractivity contribution >= 4 is 16.7 Å². The van der Waals surface area contributed by atoms with Crippen LogP contribution in [0.5, 0.6) is 5.75 Å². The highest BCUT2D eigenvalue weighted by atomic mass is 16.4. The summed E-state index contributed by atoms with van der Waals surface area (Å²) in [6.45, 7) is 4.40. The zero-order valence-electron chi connectivity index (χ0n) is 11.7. The van der Waals surface area contributed by atoms with Crippen molar-refractivity contribution in [3.8, 4) is 5.75 Å². The molecule has 0 aliphatic carbocycles. The van der Waals surface area contributed by atoms with Crippen molar-refractivity contribution in [1.82, 2.24) is 4.90 Å². The SMILES string of the molecule is CCN(CC(=O)O)C(C)c1ccc2ccccc2c1O. The quantitative estimate of drug-likeness (QED) is 0.879. The first-order valence-electron chi connectivity index (χ1n) is 6.71. The van der Waals surface area contributed by atoms with Crippen LogP contribution in [-0.4, -0.2) is 34.2 Å². The van der Waals surface area contributed by atoms with Crippen LogP contribution in [0.4, 0.5) is 0 Å². The smallest absolute Gasteiger partial charge is 0.317 e. The lowest BCUT2D eigenvalue weighted by Crippen LogP contribution is -2.32. The van der Waals surface area contributed by atoms with Crippen LogP contribution in [-0.2, 0) is 4.79 Å². The van der Waals surface area contributed by atoms with Gasteiger partial charge in [-0.2, -0.15) is 0 Å². The molecule has 106 valence electrons. The lowest BCUT2D eigenvalue weighted by Gasteiger charge is -2.27. The lowest BCUT2D eigenvalue weighted by atomic mass is 10.00. The van der Waals surface area contributed by atoms with E-state index >= 15 is 0 Å². The van der Waals surface area contributed by atoms with Gasteiger partial charge >= 0.3 is 5.97 Å². The van der Waals surface area contributed by atoms with Gasteiger partial charge in [-0.15, -0.1) is 0 Å². The Kier molecular flexibility index (Phi) is 4.25. The van der Waals surface area contributed by atoms with Gasteiger partial charge in [0.2, 0.25) is 0 Å². The van der Waals surface area contributed by atoms with Gasteiger partial charge in [0.1, 0.15) is 5.75 Å². The lowest BCUT2D eigenvalue weighted by molar-refractivity contribution is -0.138. The molecular formula is C16H19NO3. The molecule has 2 N–H and O–H groups in total. The van der Waals surface area contributed by atoms with Crippen LogP contribution in [0.25, 0.3) is 10.8 Å². The number of aliphatic carboxylic acids is 1. The number of hydrogen-bond donors (Lipinski definition) is 2. The van der Waals surface area contributed by atoms with Crippen molar-refractivity contribution in [3.05, 3.63) is 42.0 Å². The van der Waals surface area contributed by atoms with E-state index in [9.17, 15) is 9.90 Å². The van der Waals surface area contributed by atoms with E-state index in [4.69, 9.17) is 5.11 Å². The van der Waals surface area contributed by atoms with Gasteiger partial charge in [0, 0.05) is 17.0 Å². The molecule has 0 amide bonds. The summed E-state index contributed by atoms with van der Waals surface area (Å²) in [6, 6.07) is 11.3. The Balaban J connectivity index is 2.41. The summed E-state index contributed by atoms with van der Waals surface area (Å²) < 4.78 is 0. The van der Waals surface area contributed by atoms with E-state index < -0.39 is 5.97 Å². The molecule has 0 radical (unpaired) electrons. The van der Waals surface area contributed by atoms with Crippen LogP contribution in [0, 0.1) is 0 Å². The van der Waals surface area contributed by atoms with Gasteiger partial charge < -0.3 is 10.2 Å². The molecule has 0 bridgehead atoms. The first-order chi connectivity index (χ1) is 9.54. The molecular weight excluding hydrogens is 254 g/mol. The summed E-state index contributed by atoms with van der Waals surface area (Å²) >= 11 is 0. The number of rotatable bonds is 5. The number of aromatic hydroxyl groups is 1. The molecule has 4 heteroatoms. The maximum atomic E-state index is 10.9. The van der Waals surface area contributed by atoms with Crippen LogP contribution in [0.3, 0.4) is 0 Å². The highest BCUT2D eigenvalue weighted by Gasteiger charge is 2.20. The highest BCUT2D eigenvalue weighted by Crippen LogP contribution is 2.34. The molecule has 0 fully saturated rings. The highest BCUT2D eigenvalue weighted by molar-refractivity contribution is 5.89. The van der Waals surface area contributed by atoms with Gasteiger partial charge in [-0.05, 0) is 18.9 Å². The second-order valence-electron chi connectivity index (χ2n) is 4.86. The Labute approximate surface area is 118 Å². The number of carbonyl (C=O) groups is 1. The zero-order valence-corrected chi connectivity index (χ0v) is 11.7. The summed E-state index contributed by atoms with van der Waals surface area (Å²) in [5.41, 5.74) is 0.756. The molecule has 0 saturated carbocycles. The standard InChI is InChI=1S/C16H19NO3/c1-3-17(10-15(18)19)11(2)13-9-8-12-6-4-5-7-14(12)16(13)20/h4-9,11,20H,3,10H2,1-2H3,(H,18,19). The minimum atomic E-state index is -0.862. The summed E-state index contributed by atoms with van der Waals surface area (Å²) in [5.74, 6) is -0.626. The third kappa shape index (κ3) is 2.75. The minimum absolute atomic E-state index is 0.0378. The van der Waals surface area contributed by atoms with Gasteiger partial charge in [0.05, 0.1) is 6.54 Å². The van der Waals surface area contributed by atoms with E-state index in [2.05, 4.69) is 0 Å². The van der Waals surface area contributed by atoms with Gasteiger partial charge in [0.15, 0.2) is 0 Å². The van der Waals surface area contributed by atoms with E-state index in [0.29, 0.717) is 6.54 Å². The number of phenols is 1. The number of nitrogens with zero attached hydrogens (tertiary/aromatic N) is 1. The molecule has 0 aromatic heterocycles. The van der Waals surface area contributed by atoms with Gasteiger partial charge in [0.25, 0.3) is 0 Å². The summed E-state index contributed by atoms with van der Waals surface area (Å²) in [6.07, 6.45) is 0. The van der Waals surface area contributed by atoms with E-state index in [1.165, 1.54) is 0 Å². The van der Waals surface area contributed by atoms with Crippen molar-refractivity contribution in [2.45, 2.75) is 19.9 Å². The summed E-state index contributed by atoms with van der Waals surface area (Å²) in [7, 11) is 0. The summed E-state index contributed by atoms with van der Waals surface area (Å²) in [5, 5.41) is 21.1. The molecule has 1 atom stereocenters. The number of likely N-dealkylation sites (N-methyl/N-ethyl adjacent to an activating group) is 1. The Morgan fingerprint density at radius 2 is 1.95 bits per heavy atom. The molecule has 4 nitrogen and oxygen atoms in total. The van der Waals surface area contributed by atoms with Crippen molar-refractivity contribution in [2.24, 2.45) is 0 Å². The predicted molar refractivity (Wildman–Crippen MR) is 78.9 cm³/mol. The van der Waals surface area contributed by atoms with Crippen molar-refractivity contribution < 1.29 is 15.0 Å². The Morgan fingerprint density at radius 3 is 2.60 bits per heavy atom. The van der Waals surface area contributed by atoms with Crippen molar-refractivity contribution in [3.63, 3.8) is 0 Å². The van der Waals surface area contributed by atoms with Crippen LogP contribution in [0.2, 0.25) is 0 Å². The fraction of sp³-hybridized carbons (Fsp3) is 0.312. The topological polar surface area (TPSA) is 60.8 Å². The van der Waals surface area contributed by atoms with Crippen LogP contribution in [0.15, 0.2) is 36.4 Å². The molecule has 1 unspecified atom stereocenters. The van der Waals surface area contributed by atoms with Gasteiger partial charge in [-0.25, -0.2) is 0 Å². The number of hydrogen-bond acceptors (Lipinski definition) is 3. The maximum Gasteiger partial charge on any atom is 0.317 e. The molecule has 0 spiro atoms. The third-order valence-corrected chi connectivity index (χ3v) is 3.67. The van der Waals surface area contributed by atoms with Gasteiger partial charge in [-0.1, -0.05) is 43.3 Å². The van der Waals surface area contributed by atoms with Crippen LogP contribution < -0.4 is 0 Å². The number of benzene rings is 2. The molecule has 20 heavy (non-hydrogen) atoms. The summed E-state index contributed by atoms with van der Waals surface area (Å²) in [4.78, 5) is 12.7. The van der Waals surface area contributed by atoms with Gasteiger partial charge in [-0.3, -0.25) is 9.69 Å². The Bertz CT molecular complexity index is 624. The Hall–Kier alpha value is -2.07. The minimum Gasteiger partial charge on any atom is -0.507 e. The molecule has 0 aliphatic heterocycles. The number of fused-ring (bicyclic) bond motifs is 1. The average molecular weight is 273 g/mol. The average Bonchev–Trinajstić information content (AvgIpc) is 2.44. The molecule has 0 aliphatic rings. The van der Waals surface area contributed by atoms with E-state index in [1.54, 1.807) is 0 Å². The second-order valence-corrected chi connectivity index (χ2v) is 4.86. The number of phenolic OH excluding ortho intramolecular Hbond substituents is 1. The second kappa shape index (κ2) is 5.92. The van der Waals surface area contributed by atoms with E-state index in [0.717, 1.165) is 16.3 Å². The zero-order chi connectivity index (χ0) is 14.7. The largest absolute Gasteiger partial charge is 0.507 e. The fourth-order valence-corrected chi connectivity index (χ4v) is 2.50. The fourth-order valence-electron chi connectivity index (χ4n) is 2.50.